The number of guanidine groups is 1. The summed E-state index contributed by atoms with van der Waals surface area (Å²) >= 11 is 1.75. The van der Waals surface area contributed by atoms with Gasteiger partial charge in [0.05, 0.1) is 6.54 Å². The smallest absolute Gasteiger partial charge is 0.191 e. The molecule has 1 heterocycles. The Balaban J connectivity index is 0.00000264. The molecule has 0 spiro atoms. The minimum absolute atomic E-state index is 0. The molecule has 1 aromatic carbocycles. The summed E-state index contributed by atoms with van der Waals surface area (Å²) in [4.78, 5) is 10.0. The molecule has 4 nitrogen and oxygen atoms in total. The fourth-order valence-electron chi connectivity index (χ4n) is 2.23. The van der Waals surface area contributed by atoms with Gasteiger partial charge >= 0.3 is 0 Å². The van der Waals surface area contributed by atoms with Gasteiger partial charge in [-0.2, -0.15) is 0 Å². The van der Waals surface area contributed by atoms with Crippen molar-refractivity contribution in [3.05, 3.63) is 51.5 Å². The van der Waals surface area contributed by atoms with E-state index in [1.807, 2.05) is 6.20 Å². The number of aromatic nitrogens is 1. The lowest BCUT2D eigenvalue weighted by Crippen LogP contribution is -2.36. The van der Waals surface area contributed by atoms with Crippen molar-refractivity contribution in [2.24, 2.45) is 4.99 Å². The van der Waals surface area contributed by atoms with Crippen LogP contribution in [0.3, 0.4) is 0 Å². The summed E-state index contributed by atoms with van der Waals surface area (Å²) in [6, 6.07) is 8.50. The summed E-state index contributed by atoms with van der Waals surface area (Å²) in [5, 5.41) is 7.78. The Morgan fingerprint density at radius 1 is 1.09 bits per heavy atom. The van der Waals surface area contributed by atoms with Gasteiger partial charge in [0.1, 0.15) is 5.01 Å². The van der Waals surface area contributed by atoms with Crippen LogP contribution in [0.1, 0.15) is 34.9 Å². The number of hydrogen-bond acceptors (Lipinski definition) is 3. The van der Waals surface area contributed by atoms with Crippen molar-refractivity contribution in [2.75, 3.05) is 7.05 Å². The molecular formula is C17H25IN4S. The van der Waals surface area contributed by atoms with E-state index in [1.54, 1.807) is 18.4 Å². The highest BCUT2D eigenvalue weighted by Crippen LogP contribution is 2.13. The highest BCUT2D eigenvalue weighted by molar-refractivity contribution is 14.0. The fourth-order valence-corrected chi connectivity index (χ4v) is 3.03. The highest BCUT2D eigenvalue weighted by Gasteiger charge is 2.04. The first-order valence-electron chi connectivity index (χ1n) is 7.71. The first-order valence-corrected chi connectivity index (χ1v) is 8.53. The van der Waals surface area contributed by atoms with E-state index >= 15 is 0 Å². The minimum atomic E-state index is 0. The van der Waals surface area contributed by atoms with Gasteiger partial charge in [-0.15, -0.1) is 35.3 Å². The highest BCUT2D eigenvalue weighted by atomic mass is 127. The van der Waals surface area contributed by atoms with Gasteiger partial charge in [-0.05, 0) is 24.0 Å². The Bertz CT molecular complexity index is 625. The van der Waals surface area contributed by atoms with Crippen LogP contribution in [0.25, 0.3) is 0 Å². The molecule has 0 saturated carbocycles. The number of benzene rings is 1. The van der Waals surface area contributed by atoms with E-state index in [2.05, 4.69) is 58.7 Å². The molecular weight excluding hydrogens is 419 g/mol. The third-order valence-electron chi connectivity index (χ3n) is 3.53. The lowest BCUT2D eigenvalue weighted by Gasteiger charge is -2.13. The number of hydrogen-bond donors (Lipinski definition) is 2. The molecule has 1 aromatic heterocycles. The van der Waals surface area contributed by atoms with Gasteiger partial charge in [0.25, 0.3) is 0 Å². The summed E-state index contributed by atoms with van der Waals surface area (Å²) < 4.78 is 0. The topological polar surface area (TPSA) is 49.3 Å². The number of nitrogens with zero attached hydrogens (tertiary/aromatic N) is 2. The monoisotopic (exact) mass is 444 g/mol. The van der Waals surface area contributed by atoms with Crippen LogP contribution in [-0.2, 0) is 25.9 Å². The van der Waals surface area contributed by atoms with Gasteiger partial charge in [0, 0.05) is 24.7 Å². The molecule has 0 radical (unpaired) electrons. The fraction of sp³-hybridized carbons (Fsp3) is 0.412. The van der Waals surface area contributed by atoms with Crippen LogP contribution in [0.5, 0.6) is 0 Å². The van der Waals surface area contributed by atoms with Crippen molar-refractivity contribution in [1.82, 2.24) is 15.6 Å². The van der Waals surface area contributed by atoms with Crippen molar-refractivity contribution in [3.8, 4) is 0 Å². The number of aliphatic imine (C=N–C) groups is 1. The quantitative estimate of drug-likeness (QED) is 0.406. The van der Waals surface area contributed by atoms with E-state index in [1.165, 1.54) is 16.0 Å². The number of rotatable bonds is 6. The Morgan fingerprint density at radius 3 is 2.39 bits per heavy atom. The largest absolute Gasteiger partial charge is 0.352 e. The van der Waals surface area contributed by atoms with Crippen LogP contribution >= 0.6 is 35.3 Å². The van der Waals surface area contributed by atoms with E-state index in [9.17, 15) is 0 Å². The predicted octanol–water partition coefficient (Wildman–Crippen LogP) is 3.75. The maximum atomic E-state index is 4.41. The molecule has 23 heavy (non-hydrogen) atoms. The van der Waals surface area contributed by atoms with E-state index in [4.69, 9.17) is 0 Å². The summed E-state index contributed by atoms with van der Waals surface area (Å²) in [6.07, 6.45) is 4.04. The van der Waals surface area contributed by atoms with Gasteiger partial charge in [0.2, 0.25) is 0 Å². The molecule has 0 bridgehead atoms. The average Bonchev–Trinajstić information content (AvgIpc) is 3.03. The Morgan fingerprint density at radius 2 is 1.78 bits per heavy atom. The first-order chi connectivity index (χ1) is 10.8. The molecule has 0 atom stereocenters. The molecule has 0 unspecified atom stereocenters. The SMILES string of the molecule is CCc1cnc(CNC(=NC)NCc2ccccc2CC)s1.I. The van der Waals surface area contributed by atoms with Gasteiger partial charge in [-0.1, -0.05) is 38.1 Å². The maximum Gasteiger partial charge on any atom is 0.191 e. The van der Waals surface area contributed by atoms with Crippen LogP contribution in [0, 0.1) is 0 Å². The summed E-state index contributed by atoms with van der Waals surface area (Å²) in [5.74, 6) is 0.805. The van der Waals surface area contributed by atoms with Gasteiger partial charge in [0.15, 0.2) is 5.96 Å². The van der Waals surface area contributed by atoms with Gasteiger partial charge < -0.3 is 10.6 Å². The molecule has 0 amide bonds. The third kappa shape index (κ3) is 6.10. The second kappa shape index (κ2) is 10.6. The van der Waals surface area contributed by atoms with Crippen LogP contribution in [-0.4, -0.2) is 18.0 Å². The zero-order valence-electron chi connectivity index (χ0n) is 13.9. The maximum absolute atomic E-state index is 4.41. The predicted molar refractivity (Wildman–Crippen MR) is 110 cm³/mol. The van der Waals surface area contributed by atoms with E-state index < -0.39 is 0 Å². The Kier molecular flexibility index (Phi) is 9.16. The van der Waals surface area contributed by atoms with E-state index in [-0.39, 0.29) is 24.0 Å². The second-order valence-electron chi connectivity index (χ2n) is 4.98. The lowest BCUT2D eigenvalue weighted by molar-refractivity contribution is 0.799. The molecule has 6 heteroatoms. The van der Waals surface area contributed by atoms with E-state index in [0.29, 0.717) is 6.54 Å². The lowest BCUT2D eigenvalue weighted by atomic mass is 10.1. The molecule has 0 aliphatic rings. The Hall–Kier alpha value is -1.15. The number of halogens is 1. The normalized spacial score (nSPS) is 11.0. The molecule has 2 rings (SSSR count). The minimum Gasteiger partial charge on any atom is -0.352 e. The van der Waals surface area contributed by atoms with Crippen molar-refractivity contribution in [1.29, 1.82) is 0 Å². The van der Waals surface area contributed by atoms with Crippen molar-refractivity contribution >= 4 is 41.3 Å². The molecule has 126 valence electrons. The molecule has 2 N–H and O–H groups in total. The number of aryl methyl sites for hydroxylation is 2. The van der Waals surface area contributed by atoms with Crippen LogP contribution in [0.2, 0.25) is 0 Å². The first kappa shape index (κ1) is 19.9. The third-order valence-corrected chi connectivity index (χ3v) is 4.67. The van der Waals surface area contributed by atoms with Crippen molar-refractivity contribution in [3.63, 3.8) is 0 Å². The second-order valence-corrected chi connectivity index (χ2v) is 6.18. The average molecular weight is 444 g/mol. The molecule has 0 saturated heterocycles. The van der Waals surface area contributed by atoms with Gasteiger partial charge in [-0.25, -0.2) is 4.98 Å². The molecule has 0 aliphatic carbocycles. The summed E-state index contributed by atoms with van der Waals surface area (Å²) in [5.41, 5.74) is 2.69. The standard InChI is InChI=1S/C17H24N4S.HI/c1-4-13-8-6-7-9-14(13)10-20-17(18-3)21-12-16-19-11-15(5-2)22-16;/h6-9,11H,4-5,10,12H2,1-3H3,(H2,18,20,21);1H. The number of nitrogens with one attached hydrogen (secondary N) is 2. The molecule has 0 fully saturated rings. The van der Waals surface area contributed by atoms with Crippen molar-refractivity contribution in [2.45, 2.75) is 39.8 Å². The number of thiazole rings is 1. The molecule has 2 aromatic rings. The van der Waals surface area contributed by atoms with Crippen LogP contribution in [0.15, 0.2) is 35.5 Å². The Labute approximate surface area is 159 Å². The molecule has 0 aliphatic heterocycles. The van der Waals surface area contributed by atoms with Crippen molar-refractivity contribution < 1.29 is 0 Å². The van der Waals surface area contributed by atoms with Gasteiger partial charge in [-0.3, -0.25) is 4.99 Å². The zero-order chi connectivity index (χ0) is 15.8. The zero-order valence-corrected chi connectivity index (χ0v) is 17.1. The van der Waals surface area contributed by atoms with Crippen LogP contribution < -0.4 is 10.6 Å². The van der Waals surface area contributed by atoms with E-state index in [0.717, 1.165) is 30.4 Å². The summed E-state index contributed by atoms with van der Waals surface area (Å²) in [6.45, 7) is 5.82. The summed E-state index contributed by atoms with van der Waals surface area (Å²) in [7, 11) is 1.79. The van der Waals surface area contributed by atoms with Crippen LogP contribution in [0.4, 0.5) is 0 Å².